The molecule has 1 amide bonds. The Labute approximate surface area is 137 Å². The number of hydrogen-bond donors (Lipinski definition) is 0. The first-order valence-electron chi connectivity index (χ1n) is 8.43. The average molecular weight is 319 g/mol. The zero-order valence-corrected chi connectivity index (χ0v) is 13.7. The SMILES string of the molecule is COc1ccc(C(=O)N(C[C@@H]2CCCO2)C[C@@H]2CCCO2)cc1. The maximum atomic E-state index is 12.9. The van der Waals surface area contributed by atoms with Crippen LogP contribution in [-0.2, 0) is 9.47 Å². The lowest BCUT2D eigenvalue weighted by Crippen LogP contribution is -2.41. The van der Waals surface area contributed by atoms with Crippen molar-refractivity contribution in [3.8, 4) is 5.75 Å². The number of benzene rings is 1. The van der Waals surface area contributed by atoms with E-state index in [0.717, 1.165) is 44.6 Å². The number of amides is 1. The number of nitrogens with zero attached hydrogens (tertiary/aromatic N) is 1. The van der Waals surface area contributed by atoms with Gasteiger partial charge in [-0.05, 0) is 49.9 Å². The third-order valence-electron chi connectivity index (χ3n) is 4.52. The summed E-state index contributed by atoms with van der Waals surface area (Å²) in [7, 11) is 1.62. The van der Waals surface area contributed by atoms with Gasteiger partial charge in [0, 0.05) is 31.9 Å². The highest BCUT2D eigenvalue weighted by Crippen LogP contribution is 2.20. The monoisotopic (exact) mass is 319 g/mol. The summed E-state index contributed by atoms with van der Waals surface area (Å²) in [6.07, 6.45) is 4.51. The van der Waals surface area contributed by atoms with Crippen LogP contribution in [0, 0.1) is 0 Å². The van der Waals surface area contributed by atoms with Crippen LogP contribution in [0.2, 0.25) is 0 Å². The van der Waals surface area contributed by atoms with Crippen LogP contribution in [0.5, 0.6) is 5.75 Å². The second kappa shape index (κ2) is 7.79. The van der Waals surface area contributed by atoms with Gasteiger partial charge in [0.2, 0.25) is 0 Å². The topological polar surface area (TPSA) is 48.0 Å². The molecule has 2 aliphatic heterocycles. The number of rotatable bonds is 6. The van der Waals surface area contributed by atoms with Gasteiger partial charge in [0.15, 0.2) is 0 Å². The quantitative estimate of drug-likeness (QED) is 0.808. The van der Waals surface area contributed by atoms with Crippen LogP contribution in [0.4, 0.5) is 0 Å². The fourth-order valence-electron chi connectivity index (χ4n) is 3.22. The van der Waals surface area contributed by atoms with Crippen LogP contribution in [0.25, 0.3) is 0 Å². The predicted octanol–water partition coefficient (Wildman–Crippen LogP) is 2.50. The molecule has 3 rings (SSSR count). The molecule has 0 radical (unpaired) electrons. The van der Waals surface area contributed by atoms with Crippen molar-refractivity contribution in [2.24, 2.45) is 0 Å². The first kappa shape index (κ1) is 16.3. The Bertz CT molecular complexity index is 486. The zero-order chi connectivity index (χ0) is 16.1. The standard InChI is InChI=1S/C18H25NO4/c1-21-15-8-6-14(7-9-15)18(20)19(12-16-4-2-10-22-16)13-17-5-3-11-23-17/h6-9,16-17H,2-5,10-13H2,1H3/t16-,17-/m0/s1. The van der Waals surface area contributed by atoms with E-state index in [4.69, 9.17) is 14.2 Å². The molecule has 2 saturated heterocycles. The van der Waals surface area contributed by atoms with E-state index in [1.807, 2.05) is 29.2 Å². The van der Waals surface area contributed by atoms with Crippen molar-refractivity contribution in [3.63, 3.8) is 0 Å². The van der Waals surface area contributed by atoms with E-state index in [1.54, 1.807) is 7.11 Å². The summed E-state index contributed by atoms with van der Waals surface area (Å²) in [5.74, 6) is 0.796. The van der Waals surface area contributed by atoms with E-state index in [-0.39, 0.29) is 18.1 Å². The minimum Gasteiger partial charge on any atom is -0.497 e. The Kier molecular flexibility index (Phi) is 5.51. The molecule has 2 heterocycles. The molecule has 0 unspecified atom stereocenters. The first-order valence-corrected chi connectivity index (χ1v) is 8.43. The second-order valence-corrected chi connectivity index (χ2v) is 6.21. The fourth-order valence-corrected chi connectivity index (χ4v) is 3.22. The molecular formula is C18H25NO4. The minimum absolute atomic E-state index is 0.0404. The van der Waals surface area contributed by atoms with Crippen molar-refractivity contribution in [2.45, 2.75) is 37.9 Å². The summed E-state index contributed by atoms with van der Waals surface area (Å²) < 4.78 is 16.6. The number of hydrogen-bond acceptors (Lipinski definition) is 4. The summed E-state index contributed by atoms with van der Waals surface area (Å²) in [6.45, 7) is 2.89. The number of methoxy groups -OCH3 is 1. The summed E-state index contributed by atoms with van der Waals surface area (Å²) in [5.41, 5.74) is 0.682. The van der Waals surface area contributed by atoms with Gasteiger partial charge >= 0.3 is 0 Å². The summed E-state index contributed by atoms with van der Waals surface area (Å²) in [6, 6.07) is 7.28. The molecule has 23 heavy (non-hydrogen) atoms. The van der Waals surface area contributed by atoms with E-state index in [0.29, 0.717) is 18.7 Å². The Hall–Kier alpha value is -1.59. The lowest BCUT2D eigenvalue weighted by molar-refractivity contribution is 0.0307. The zero-order valence-electron chi connectivity index (χ0n) is 13.7. The lowest BCUT2D eigenvalue weighted by Gasteiger charge is -2.28. The molecule has 0 aromatic heterocycles. The third kappa shape index (κ3) is 4.24. The average Bonchev–Trinajstić information content (AvgIpc) is 3.27. The molecule has 126 valence electrons. The van der Waals surface area contributed by atoms with Gasteiger partial charge < -0.3 is 19.1 Å². The molecule has 0 bridgehead atoms. The maximum absolute atomic E-state index is 12.9. The summed E-state index contributed by atoms with van der Waals surface area (Å²) >= 11 is 0. The van der Waals surface area contributed by atoms with Gasteiger partial charge in [0.05, 0.1) is 19.3 Å². The highest BCUT2D eigenvalue weighted by atomic mass is 16.5. The molecule has 0 saturated carbocycles. The van der Waals surface area contributed by atoms with Gasteiger partial charge in [-0.15, -0.1) is 0 Å². The largest absolute Gasteiger partial charge is 0.497 e. The molecular weight excluding hydrogens is 294 g/mol. The van der Waals surface area contributed by atoms with Crippen molar-refractivity contribution in [2.75, 3.05) is 33.4 Å². The fraction of sp³-hybridized carbons (Fsp3) is 0.611. The van der Waals surface area contributed by atoms with Crippen molar-refractivity contribution in [1.82, 2.24) is 4.90 Å². The molecule has 1 aromatic rings. The number of ether oxygens (including phenoxy) is 3. The Balaban J connectivity index is 1.69. The molecule has 2 fully saturated rings. The Morgan fingerprint density at radius 2 is 1.65 bits per heavy atom. The highest BCUT2D eigenvalue weighted by Gasteiger charge is 2.27. The van der Waals surface area contributed by atoms with E-state index >= 15 is 0 Å². The van der Waals surface area contributed by atoms with Gasteiger partial charge in [0.1, 0.15) is 5.75 Å². The Morgan fingerprint density at radius 1 is 1.09 bits per heavy atom. The van der Waals surface area contributed by atoms with Crippen molar-refractivity contribution < 1.29 is 19.0 Å². The molecule has 0 spiro atoms. The van der Waals surface area contributed by atoms with Crippen LogP contribution in [0.15, 0.2) is 24.3 Å². The maximum Gasteiger partial charge on any atom is 0.254 e. The summed E-state index contributed by atoms with van der Waals surface area (Å²) in [5, 5.41) is 0. The minimum atomic E-state index is 0.0404. The molecule has 2 aliphatic rings. The van der Waals surface area contributed by atoms with Crippen LogP contribution in [0.1, 0.15) is 36.0 Å². The van der Waals surface area contributed by atoms with Crippen LogP contribution in [0.3, 0.4) is 0 Å². The van der Waals surface area contributed by atoms with E-state index in [9.17, 15) is 4.79 Å². The molecule has 0 N–H and O–H groups in total. The second-order valence-electron chi connectivity index (χ2n) is 6.21. The Morgan fingerprint density at radius 3 is 2.09 bits per heavy atom. The van der Waals surface area contributed by atoms with Crippen molar-refractivity contribution >= 4 is 5.91 Å². The normalized spacial score (nSPS) is 23.9. The number of carbonyl (C=O) groups excluding carboxylic acids is 1. The molecule has 5 nitrogen and oxygen atoms in total. The summed E-state index contributed by atoms with van der Waals surface area (Å²) in [4.78, 5) is 14.8. The number of carbonyl (C=O) groups is 1. The van der Waals surface area contributed by atoms with Crippen molar-refractivity contribution in [1.29, 1.82) is 0 Å². The van der Waals surface area contributed by atoms with Gasteiger partial charge in [0.25, 0.3) is 5.91 Å². The van der Waals surface area contributed by atoms with Crippen LogP contribution in [-0.4, -0.2) is 56.4 Å². The van der Waals surface area contributed by atoms with Crippen LogP contribution >= 0.6 is 0 Å². The van der Waals surface area contributed by atoms with Gasteiger partial charge in [-0.3, -0.25) is 4.79 Å². The molecule has 1 aromatic carbocycles. The molecule has 2 atom stereocenters. The van der Waals surface area contributed by atoms with E-state index in [2.05, 4.69) is 0 Å². The van der Waals surface area contributed by atoms with Gasteiger partial charge in [-0.25, -0.2) is 0 Å². The lowest BCUT2D eigenvalue weighted by atomic mass is 10.1. The molecule has 0 aliphatic carbocycles. The van der Waals surface area contributed by atoms with Gasteiger partial charge in [-0.1, -0.05) is 0 Å². The smallest absolute Gasteiger partial charge is 0.254 e. The molecule has 5 heteroatoms. The predicted molar refractivity (Wildman–Crippen MR) is 86.8 cm³/mol. The van der Waals surface area contributed by atoms with Crippen molar-refractivity contribution in [3.05, 3.63) is 29.8 Å². The van der Waals surface area contributed by atoms with Crippen LogP contribution < -0.4 is 4.74 Å². The van der Waals surface area contributed by atoms with Gasteiger partial charge in [-0.2, -0.15) is 0 Å². The highest BCUT2D eigenvalue weighted by molar-refractivity contribution is 5.94. The van der Waals surface area contributed by atoms with E-state index in [1.165, 1.54) is 0 Å². The van der Waals surface area contributed by atoms with E-state index < -0.39 is 0 Å². The third-order valence-corrected chi connectivity index (χ3v) is 4.52. The first-order chi connectivity index (χ1) is 11.3.